The fraction of sp³-hybridized carbons (Fsp3) is 0.333. The van der Waals surface area contributed by atoms with Crippen LogP contribution in [-0.2, 0) is 4.79 Å². The standard InChI is InChI=1S/C6H7NOS2/c1-2-3-9-6-7-5(8)4-10-6/h2H,1,3-4H2. The Morgan fingerprint density at radius 3 is 3.20 bits per heavy atom. The van der Waals surface area contributed by atoms with Gasteiger partial charge >= 0.3 is 0 Å². The highest BCUT2D eigenvalue weighted by Crippen LogP contribution is 2.22. The van der Waals surface area contributed by atoms with Crippen LogP contribution in [0.3, 0.4) is 0 Å². The van der Waals surface area contributed by atoms with Gasteiger partial charge in [-0.05, 0) is 0 Å². The first-order valence-electron chi connectivity index (χ1n) is 2.81. The molecule has 54 valence electrons. The van der Waals surface area contributed by atoms with Gasteiger partial charge in [-0.15, -0.1) is 6.58 Å². The van der Waals surface area contributed by atoms with Crippen molar-refractivity contribution in [3.05, 3.63) is 12.7 Å². The van der Waals surface area contributed by atoms with Crippen LogP contribution in [-0.4, -0.2) is 21.8 Å². The Morgan fingerprint density at radius 1 is 1.90 bits per heavy atom. The van der Waals surface area contributed by atoms with Crippen LogP contribution in [0, 0.1) is 0 Å². The average Bonchev–Trinajstić information content (AvgIpc) is 2.31. The molecule has 1 rings (SSSR count). The molecule has 0 bridgehead atoms. The molecule has 4 heteroatoms. The maximum absolute atomic E-state index is 10.6. The summed E-state index contributed by atoms with van der Waals surface area (Å²) < 4.78 is 0.880. The minimum Gasteiger partial charge on any atom is -0.272 e. The van der Waals surface area contributed by atoms with Crippen LogP contribution in [0.1, 0.15) is 0 Å². The van der Waals surface area contributed by atoms with Crippen molar-refractivity contribution in [3.63, 3.8) is 0 Å². The molecule has 2 nitrogen and oxygen atoms in total. The Morgan fingerprint density at radius 2 is 2.70 bits per heavy atom. The number of nitrogens with zero attached hydrogens (tertiary/aromatic N) is 1. The van der Waals surface area contributed by atoms with Crippen LogP contribution in [0.2, 0.25) is 0 Å². The molecule has 0 aliphatic carbocycles. The number of carbonyl (C=O) groups excluding carboxylic acids is 1. The molecule has 0 aromatic rings. The van der Waals surface area contributed by atoms with E-state index in [1.165, 1.54) is 11.8 Å². The topological polar surface area (TPSA) is 29.4 Å². The van der Waals surface area contributed by atoms with Gasteiger partial charge in [0.25, 0.3) is 5.91 Å². The largest absolute Gasteiger partial charge is 0.272 e. The molecular formula is C6H7NOS2. The Balaban J connectivity index is 2.35. The van der Waals surface area contributed by atoms with Crippen LogP contribution < -0.4 is 0 Å². The molecule has 0 saturated carbocycles. The van der Waals surface area contributed by atoms with Gasteiger partial charge < -0.3 is 0 Å². The Bertz CT molecular complexity index is 188. The number of hydrogen-bond donors (Lipinski definition) is 0. The summed E-state index contributed by atoms with van der Waals surface area (Å²) in [5.41, 5.74) is 0. The molecule has 0 N–H and O–H groups in total. The van der Waals surface area contributed by atoms with Crippen molar-refractivity contribution in [3.8, 4) is 0 Å². The number of aliphatic imine (C=N–C) groups is 1. The lowest BCUT2D eigenvalue weighted by atomic mass is 10.8. The second-order valence-corrected chi connectivity index (χ2v) is 3.89. The number of rotatable bonds is 2. The van der Waals surface area contributed by atoms with Crippen LogP contribution in [0.25, 0.3) is 0 Å². The summed E-state index contributed by atoms with van der Waals surface area (Å²) in [7, 11) is 0. The zero-order chi connectivity index (χ0) is 7.40. The molecule has 0 aromatic carbocycles. The second kappa shape index (κ2) is 3.83. The zero-order valence-corrected chi connectivity index (χ0v) is 7.00. The number of carbonyl (C=O) groups is 1. The summed E-state index contributed by atoms with van der Waals surface area (Å²) in [6.45, 7) is 3.57. The van der Waals surface area contributed by atoms with Crippen LogP contribution >= 0.6 is 23.5 Å². The third kappa shape index (κ3) is 2.19. The normalized spacial score (nSPS) is 17.2. The summed E-state index contributed by atoms with van der Waals surface area (Å²) in [6, 6.07) is 0. The van der Waals surface area contributed by atoms with Crippen molar-refractivity contribution in [1.29, 1.82) is 0 Å². The van der Waals surface area contributed by atoms with Gasteiger partial charge in [-0.3, -0.25) is 4.79 Å². The van der Waals surface area contributed by atoms with E-state index in [-0.39, 0.29) is 5.91 Å². The predicted molar refractivity (Wildman–Crippen MR) is 47.6 cm³/mol. The molecule has 1 aliphatic rings. The van der Waals surface area contributed by atoms with Gasteiger partial charge in [0.15, 0.2) is 0 Å². The number of hydrogen-bond acceptors (Lipinski definition) is 3. The first-order valence-corrected chi connectivity index (χ1v) is 4.78. The van der Waals surface area contributed by atoms with Crippen LogP contribution in [0.4, 0.5) is 0 Å². The minimum absolute atomic E-state index is 0.0171. The monoisotopic (exact) mass is 173 g/mol. The predicted octanol–water partition coefficient (Wildman–Crippen LogP) is 1.54. The third-order valence-corrected chi connectivity index (χ3v) is 3.04. The van der Waals surface area contributed by atoms with E-state index < -0.39 is 0 Å². The van der Waals surface area contributed by atoms with Gasteiger partial charge in [-0.1, -0.05) is 29.6 Å². The summed E-state index contributed by atoms with van der Waals surface area (Å²) in [4.78, 5) is 14.4. The summed E-state index contributed by atoms with van der Waals surface area (Å²) in [6.07, 6.45) is 1.80. The van der Waals surface area contributed by atoms with Crippen LogP contribution in [0.15, 0.2) is 17.6 Å². The summed E-state index contributed by atoms with van der Waals surface area (Å²) in [5, 5.41) is 0. The van der Waals surface area contributed by atoms with E-state index in [0.29, 0.717) is 5.75 Å². The molecule has 0 spiro atoms. The Hall–Kier alpha value is -0.220. The Labute approximate surface area is 68.2 Å². The van der Waals surface area contributed by atoms with Gasteiger partial charge in [-0.2, -0.15) is 4.99 Å². The quantitative estimate of drug-likeness (QED) is 0.593. The zero-order valence-electron chi connectivity index (χ0n) is 5.37. The molecule has 0 atom stereocenters. The van der Waals surface area contributed by atoms with Gasteiger partial charge in [0.05, 0.1) is 5.75 Å². The number of thioether (sulfide) groups is 2. The molecular weight excluding hydrogens is 166 g/mol. The summed E-state index contributed by atoms with van der Waals surface area (Å²) >= 11 is 3.07. The SMILES string of the molecule is C=CCSC1=NC(=O)CS1. The highest BCUT2D eigenvalue weighted by Gasteiger charge is 2.13. The minimum atomic E-state index is -0.0171. The van der Waals surface area contributed by atoms with E-state index >= 15 is 0 Å². The van der Waals surface area contributed by atoms with E-state index in [2.05, 4.69) is 11.6 Å². The maximum Gasteiger partial charge on any atom is 0.257 e. The van der Waals surface area contributed by atoms with Crippen LogP contribution in [0.5, 0.6) is 0 Å². The van der Waals surface area contributed by atoms with Gasteiger partial charge in [0.1, 0.15) is 4.38 Å². The van der Waals surface area contributed by atoms with Crippen molar-refractivity contribution in [2.24, 2.45) is 4.99 Å². The van der Waals surface area contributed by atoms with E-state index in [1.54, 1.807) is 17.8 Å². The highest BCUT2D eigenvalue weighted by atomic mass is 32.2. The van der Waals surface area contributed by atoms with Crippen molar-refractivity contribution in [2.45, 2.75) is 0 Å². The molecule has 0 radical (unpaired) electrons. The molecule has 1 heterocycles. The lowest BCUT2D eigenvalue weighted by molar-refractivity contribution is -0.115. The fourth-order valence-electron chi connectivity index (χ4n) is 0.494. The Kier molecular flexibility index (Phi) is 3.02. The van der Waals surface area contributed by atoms with Crippen molar-refractivity contribution in [1.82, 2.24) is 0 Å². The molecule has 10 heavy (non-hydrogen) atoms. The highest BCUT2D eigenvalue weighted by molar-refractivity contribution is 8.39. The summed E-state index contributed by atoms with van der Waals surface area (Å²) in [5.74, 6) is 1.33. The van der Waals surface area contributed by atoms with Gasteiger partial charge in [0.2, 0.25) is 0 Å². The van der Waals surface area contributed by atoms with E-state index in [9.17, 15) is 4.79 Å². The molecule has 0 fully saturated rings. The first-order chi connectivity index (χ1) is 4.83. The van der Waals surface area contributed by atoms with Crippen molar-refractivity contribution in [2.75, 3.05) is 11.5 Å². The van der Waals surface area contributed by atoms with Gasteiger partial charge in [0, 0.05) is 5.75 Å². The fourth-order valence-corrected chi connectivity index (χ4v) is 2.11. The first kappa shape index (κ1) is 7.88. The maximum atomic E-state index is 10.6. The van der Waals surface area contributed by atoms with Gasteiger partial charge in [-0.25, -0.2) is 0 Å². The molecule has 1 amide bonds. The molecule has 0 saturated heterocycles. The van der Waals surface area contributed by atoms with E-state index in [0.717, 1.165) is 10.1 Å². The number of amides is 1. The van der Waals surface area contributed by atoms with E-state index in [1.807, 2.05) is 0 Å². The molecule has 1 aliphatic heterocycles. The van der Waals surface area contributed by atoms with Crippen molar-refractivity contribution >= 4 is 33.8 Å². The molecule has 0 aromatic heterocycles. The average molecular weight is 173 g/mol. The third-order valence-electron chi connectivity index (χ3n) is 0.860. The second-order valence-electron chi connectivity index (χ2n) is 1.66. The van der Waals surface area contributed by atoms with Crippen molar-refractivity contribution < 1.29 is 4.79 Å². The smallest absolute Gasteiger partial charge is 0.257 e. The van der Waals surface area contributed by atoms with E-state index in [4.69, 9.17) is 0 Å². The lowest BCUT2D eigenvalue weighted by Gasteiger charge is -1.90. The lowest BCUT2D eigenvalue weighted by Crippen LogP contribution is -1.86. The molecule has 0 unspecified atom stereocenters.